The van der Waals surface area contributed by atoms with Crippen LogP contribution in [0.3, 0.4) is 0 Å². The maximum atomic E-state index is 10.3. The Labute approximate surface area is 57.8 Å². The summed E-state index contributed by atoms with van der Waals surface area (Å²) in [6.07, 6.45) is 0. The molecule has 0 aliphatic rings. The molecule has 0 heterocycles. The van der Waals surface area contributed by atoms with Crippen molar-refractivity contribution in [1.82, 2.24) is 0 Å². The average molecular weight is 148 g/mol. The lowest BCUT2D eigenvalue weighted by atomic mass is 10.7. The van der Waals surface area contributed by atoms with E-state index < -0.39 is 11.9 Å². The molecule has 5 heteroatoms. The van der Waals surface area contributed by atoms with Gasteiger partial charge in [-0.1, -0.05) is 0 Å². The molecule has 0 saturated carbocycles. The summed E-state index contributed by atoms with van der Waals surface area (Å²) in [5, 5.41) is 0. The van der Waals surface area contributed by atoms with Crippen LogP contribution in [0.5, 0.6) is 0 Å². The minimum Gasteiger partial charge on any atom is -0.467 e. The first-order valence-corrected chi connectivity index (χ1v) is 2.53. The first-order valence-electron chi connectivity index (χ1n) is 2.53. The Hall–Kier alpha value is -1.10. The van der Waals surface area contributed by atoms with Gasteiger partial charge in [0, 0.05) is 6.92 Å². The summed E-state index contributed by atoms with van der Waals surface area (Å²) in [6, 6.07) is 0. The van der Waals surface area contributed by atoms with Crippen LogP contribution in [0.1, 0.15) is 6.92 Å². The van der Waals surface area contributed by atoms with Crippen molar-refractivity contribution in [3.63, 3.8) is 0 Å². The number of rotatable bonds is 3. The van der Waals surface area contributed by atoms with Gasteiger partial charge in [0.15, 0.2) is 6.61 Å². The topological polar surface area (TPSA) is 61.8 Å². The quantitative estimate of drug-likeness (QED) is 0.311. The molecule has 58 valence electrons. The predicted molar refractivity (Wildman–Crippen MR) is 29.7 cm³/mol. The van der Waals surface area contributed by atoms with Crippen molar-refractivity contribution in [3.8, 4) is 0 Å². The molecule has 0 atom stereocenters. The molecule has 0 aromatic rings. The Bertz CT molecular complexity index is 130. The summed E-state index contributed by atoms with van der Waals surface area (Å²) in [6.45, 7) is 0.785. The summed E-state index contributed by atoms with van der Waals surface area (Å²) in [5.41, 5.74) is 0. The molecule has 0 amide bonds. The van der Waals surface area contributed by atoms with Crippen LogP contribution in [-0.4, -0.2) is 25.7 Å². The highest BCUT2D eigenvalue weighted by molar-refractivity contribution is 5.70. The highest BCUT2D eigenvalue weighted by Gasteiger charge is 2.01. The van der Waals surface area contributed by atoms with Gasteiger partial charge in [-0.25, -0.2) is 9.59 Å². The summed E-state index contributed by atoms with van der Waals surface area (Å²) in [5.74, 6) is -1.20. The second kappa shape index (κ2) is 4.75. The van der Waals surface area contributed by atoms with Crippen LogP contribution in [-0.2, 0) is 24.1 Å². The third kappa shape index (κ3) is 5.04. The van der Waals surface area contributed by atoms with Crippen molar-refractivity contribution < 1.29 is 24.1 Å². The monoisotopic (exact) mass is 148 g/mol. The second-order valence-electron chi connectivity index (χ2n) is 1.41. The molecular formula is C5H8O5. The number of hydrogen-bond donors (Lipinski definition) is 0. The van der Waals surface area contributed by atoms with Gasteiger partial charge >= 0.3 is 11.9 Å². The van der Waals surface area contributed by atoms with Gasteiger partial charge in [0.05, 0.1) is 7.11 Å². The van der Waals surface area contributed by atoms with Crippen molar-refractivity contribution >= 4 is 11.9 Å². The molecule has 0 saturated heterocycles. The number of esters is 1. The van der Waals surface area contributed by atoms with Crippen molar-refractivity contribution in [3.05, 3.63) is 0 Å². The maximum Gasteiger partial charge on any atom is 0.339 e. The Balaban J connectivity index is 3.20. The van der Waals surface area contributed by atoms with Crippen LogP contribution < -0.4 is 0 Å². The molecule has 0 aromatic heterocycles. The van der Waals surface area contributed by atoms with E-state index in [1.165, 1.54) is 7.11 Å². The number of hydrogen-bond acceptors (Lipinski definition) is 5. The highest BCUT2D eigenvalue weighted by Crippen LogP contribution is 1.81. The molecule has 0 unspecified atom stereocenters. The molecule has 0 fully saturated rings. The van der Waals surface area contributed by atoms with Gasteiger partial charge in [0.25, 0.3) is 0 Å². The third-order valence-corrected chi connectivity index (χ3v) is 0.581. The Kier molecular flexibility index (Phi) is 4.23. The molecular weight excluding hydrogens is 140 g/mol. The zero-order chi connectivity index (χ0) is 7.98. The van der Waals surface area contributed by atoms with Crippen LogP contribution >= 0.6 is 0 Å². The van der Waals surface area contributed by atoms with Crippen molar-refractivity contribution in [2.45, 2.75) is 6.92 Å². The van der Waals surface area contributed by atoms with E-state index in [-0.39, 0.29) is 6.61 Å². The average Bonchev–Trinajstić information content (AvgIpc) is 1.87. The summed E-state index contributed by atoms with van der Waals surface area (Å²) in [4.78, 5) is 28.4. The zero-order valence-electron chi connectivity index (χ0n) is 5.75. The molecule has 0 aliphatic heterocycles. The number of ether oxygens (including phenoxy) is 1. The summed E-state index contributed by atoms with van der Waals surface area (Å²) < 4.78 is 4.18. The van der Waals surface area contributed by atoms with Gasteiger partial charge in [-0.3, -0.25) is 4.89 Å². The molecule has 10 heavy (non-hydrogen) atoms. The first-order chi connectivity index (χ1) is 4.66. The van der Waals surface area contributed by atoms with Crippen LogP contribution in [0.15, 0.2) is 0 Å². The van der Waals surface area contributed by atoms with Gasteiger partial charge in [-0.2, -0.15) is 4.89 Å². The summed E-state index contributed by atoms with van der Waals surface area (Å²) >= 11 is 0. The number of carbonyl (C=O) groups is 2. The van der Waals surface area contributed by atoms with E-state index in [4.69, 9.17) is 0 Å². The fourth-order valence-corrected chi connectivity index (χ4v) is 0.219. The smallest absolute Gasteiger partial charge is 0.339 e. The van der Waals surface area contributed by atoms with E-state index in [2.05, 4.69) is 14.5 Å². The third-order valence-electron chi connectivity index (χ3n) is 0.581. The van der Waals surface area contributed by atoms with E-state index in [1.54, 1.807) is 0 Å². The SMILES string of the molecule is COC(=O)COOC(C)=O. The highest BCUT2D eigenvalue weighted by atomic mass is 17.2. The minimum atomic E-state index is -0.607. The van der Waals surface area contributed by atoms with E-state index in [0.717, 1.165) is 6.92 Å². The molecule has 0 N–H and O–H groups in total. The fraction of sp³-hybridized carbons (Fsp3) is 0.600. The molecule has 5 nitrogen and oxygen atoms in total. The van der Waals surface area contributed by atoms with Crippen LogP contribution in [0.4, 0.5) is 0 Å². The van der Waals surface area contributed by atoms with Crippen molar-refractivity contribution in [2.24, 2.45) is 0 Å². The van der Waals surface area contributed by atoms with E-state index in [0.29, 0.717) is 0 Å². The lowest BCUT2D eigenvalue weighted by Gasteiger charge is -1.98. The minimum absolute atomic E-state index is 0.379. The molecule has 0 aliphatic carbocycles. The Morgan fingerprint density at radius 2 is 2.00 bits per heavy atom. The lowest BCUT2D eigenvalue weighted by Crippen LogP contribution is -2.12. The van der Waals surface area contributed by atoms with Gasteiger partial charge < -0.3 is 4.74 Å². The standard InChI is InChI=1S/C5H8O5/c1-4(6)10-9-3-5(7)8-2/h3H2,1-2H3. The molecule has 0 bridgehead atoms. The zero-order valence-corrected chi connectivity index (χ0v) is 5.75. The molecule has 0 rings (SSSR count). The number of methoxy groups -OCH3 is 1. The van der Waals surface area contributed by atoms with Gasteiger partial charge in [-0.15, -0.1) is 0 Å². The fourth-order valence-electron chi connectivity index (χ4n) is 0.219. The molecule has 0 spiro atoms. The summed E-state index contributed by atoms with van der Waals surface area (Å²) in [7, 11) is 1.21. The van der Waals surface area contributed by atoms with E-state index in [9.17, 15) is 9.59 Å². The normalized spacial score (nSPS) is 8.60. The lowest BCUT2D eigenvalue weighted by molar-refractivity contribution is -0.269. The van der Waals surface area contributed by atoms with Crippen LogP contribution in [0, 0.1) is 0 Å². The van der Waals surface area contributed by atoms with Crippen LogP contribution in [0.2, 0.25) is 0 Å². The Morgan fingerprint density at radius 1 is 1.40 bits per heavy atom. The van der Waals surface area contributed by atoms with E-state index >= 15 is 0 Å². The Morgan fingerprint density at radius 3 is 2.40 bits per heavy atom. The number of carbonyl (C=O) groups excluding carboxylic acids is 2. The molecule has 0 aromatic carbocycles. The van der Waals surface area contributed by atoms with Crippen molar-refractivity contribution in [1.29, 1.82) is 0 Å². The second-order valence-corrected chi connectivity index (χ2v) is 1.41. The van der Waals surface area contributed by atoms with Gasteiger partial charge in [-0.05, 0) is 0 Å². The van der Waals surface area contributed by atoms with Crippen LogP contribution in [0.25, 0.3) is 0 Å². The van der Waals surface area contributed by atoms with Gasteiger partial charge in [0.1, 0.15) is 0 Å². The largest absolute Gasteiger partial charge is 0.467 e. The van der Waals surface area contributed by atoms with E-state index in [1.807, 2.05) is 0 Å². The van der Waals surface area contributed by atoms with Gasteiger partial charge in [0.2, 0.25) is 0 Å². The molecule has 0 radical (unpaired) electrons. The predicted octanol–water partition coefficient (Wildman–Crippen LogP) is -0.346. The first kappa shape index (κ1) is 8.90. The van der Waals surface area contributed by atoms with Crippen molar-refractivity contribution in [2.75, 3.05) is 13.7 Å². The maximum absolute atomic E-state index is 10.3.